The Labute approximate surface area is 208 Å². The minimum absolute atomic E-state index is 0.0502. The number of benzene rings is 2. The number of anilines is 1. The standard InChI is InChI=1S/C21H18Cl2N6O4S/c1-2-9-28-18(11-24-20(31)13-3-5-14(22)6-4-13)26-27-21(28)34-12-19(30)25-17-10-15(29(32)33)7-8-16(17)23/h2-8,10H,1,9,11-12H2,(H,24,31)(H,25,30). The Bertz CT molecular complexity index is 1230. The van der Waals surface area contributed by atoms with Gasteiger partial charge in [0.2, 0.25) is 5.91 Å². The summed E-state index contributed by atoms with van der Waals surface area (Å²) in [5.41, 5.74) is 0.397. The van der Waals surface area contributed by atoms with Crippen molar-refractivity contribution in [2.75, 3.05) is 11.1 Å². The second-order valence-corrected chi connectivity index (χ2v) is 8.53. The number of nitro benzene ring substituents is 1. The van der Waals surface area contributed by atoms with E-state index in [0.29, 0.717) is 28.1 Å². The van der Waals surface area contributed by atoms with Crippen LogP contribution in [-0.4, -0.2) is 37.3 Å². The molecule has 2 N–H and O–H groups in total. The smallest absolute Gasteiger partial charge is 0.271 e. The van der Waals surface area contributed by atoms with Crippen molar-refractivity contribution in [2.24, 2.45) is 0 Å². The van der Waals surface area contributed by atoms with Gasteiger partial charge in [-0.3, -0.25) is 19.7 Å². The number of non-ortho nitro benzene ring substituents is 1. The Morgan fingerprint density at radius 2 is 1.91 bits per heavy atom. The quantitative estimate of drug-likeness (QED) is 0.176. The summed E-state index contributed by atoms with van der Waals surface area (Å²) in [4.78, 5) is 35.1. The molecule has 10 nitrogen and oxygen atoms in total. The van der Waals surface area contributed by atoms with E-state index in [0.717, 1.165) is 11.8 Å². The van der Waals surface area contributed by atoms with Gasteiger partial charge in [-0.1, -0.05) is 41.0 Å². The highest BCUT2D eigenvalue weighted by Gasteiger charge is 2.16. The zero-order valence-electron chi connectivity index (χ0n) is 17.5. The van der Waals surface area contributed by atoms with Crippen LogP contribution in [0.15, 0.2) is 60.3 Å². The van der Waals surface area contributed by atoms with E-state index >= 15 is 0 Å². The van der Waals surface area contributed by atoms with E-state index in [2.05, 4.69) is 27.4 Å². The van der Waals surface area contributed by atoms with E-state index in [1.54, 1.807) is 34.9 Å². The number of aromatic nitrogens is 3. The van der Waals surface area contributed by atoms with Crippen LogP contribution in [0.3, 0.4) is 0 Å². The maximum Gasteiger partial charge on any atom is 0.271 e. The molecule has 0 unspecified atom stereocenters. The van der Waals surface area contributed by atoms with Gasteiger partial charge in [-0.15, -0.1) is 16.8 Å². The van der Waals surface area contributed by atoms with E-state index in [4.69, 9.17) is 23.2 Å². The molecule has 0 aliphatic carbocycles. The Morgan fingerprint density at radius 1 is 1.18 bits per heavy atom. The SMILES string of the molecule is C=CCn1c(CNC(=O)c2ccc(Cl)cc2)nnc1SCC(=O)Nc1cc([N+](=O)[O-])ccc1Cl. The van der Waals surface area contributed by atoms with Crippen molar-refractivity contribution >= 4 is 58.2 Å². The van der Waals surface area contributed by atoms with Crippen molar-refractivity contribution < 1.29 is 14.5 Å². The number of nitro groups is 1. The molecular formula is C21H18Cl2N6O4S. The normalized spacial score (nSPS) is 10.5. The van der Waals surface area contributed by atoms with Crippen molar-refractivity contribution in [1.29, 1.82) is 0 Å². The van der Waals surface area contributed by atoms with Gasteiger partial charge in [0.25, 0.3) is 11.6 Å². The molecule has 2 aromatic carbocycles. The van der Waals surface area contributed by atoms with Gasteiger partial charge in [0, 0.05) is 29.3 Å². The number of amides is 2. The molecule has 3 rings (SSSR count). The first-order valence-electron chi connectivity index (χ1n) is 9.71. The summed E-state index contributed by atoms with van der Waals surface area (Å²) >= 11 is 13.0. The maximum absolute atomic E-state index is 12.4. The minimum atomic E-state index is -0.578. The first kappa shape index (κ1) is 25.2. The number of allylic oxidation sites excluding steroid dienone is 1. The van der Waals surface area contributed by atoms with Crippen LogP contribution >= 0.6 is 35.0 Å². The molecule has 1 heterocycles. The van der Waals surface area contributed by atoms with Gasteiger partial charge >= 0.3 is 0 Å². The van der Waals surface area contributed by atoms with Crippen molar-refractivity contribution in [3.63, 3.8) is 0 Å². The number of hydrogen-bond donors (Lipinski definition) is 2. The van der Waals surface area contributed by atoms with Gasteiger partial charge in [0.05, 0.1) is 27.9 Å². The fraction of sp³-hybridized carbons (Fsp3) is 0.143. The van der Waals surface area contributed by atoms with Gasteiger partial charge in [-0.05, 0) is 30.3 Å². The predicted molar refractivity (Wildman–Crippen MR) is 130 cm³/mol. The topological polar surface area (TPSA) is 132 Å². The fourth-order valence-electron chi connectivity index (χ4n) is 2.77. The molecule has 0 saturated heterocycles. The summed E-state index contributed by atoms with van der Waals surface area (Å²) in [6.45, 7) is 4.19. The van der Waals surface area contributed by atoms with Gasteiger partial charge in [-0.2, -0.15) is 0 Å². The third kappa shape index (κ3) is 6.56. The molecule has 0 saturated carbocycles. The van der Waals surface area contributed by atoms with Crippen LogP contribution in [-0.2, 0) is 17.9 Å². The summed E-state index contributed by atoms with van der Waals surface area (Å²) in [5, 5.41) is 25.6. The number of hydrogen-bond acceptors (Lipinski definition) is 7. The molecular weight excluding hydrogens is 503 g/mol. The van der Waals surface area contributed by atoms with Crippen LogP contribution in [0, 0.1) is 10.1 Å². The molecule has 0 radical (unpaired) electrons. The number of nitrogens with one attached hydrogen (secondary N) is 2. The number of rotatable bonds is 10. The lowest BCUT2D eigenvalue weighted by Gasteiger charge is -2.09. The molecule has 0 aliphatic rings. The fourth-order valence-corrected chi connectivity index (χ4v) is 3.83. The Morgan fingerprint density at radius 3 is 2.59 bits per heavy atom. The molecule has 0 fully saturated rings. The van der Waals surface area contributed by atoms with E-state index in [1.807, 2.05) is 0 Å². The summed E-state index contributed by atoms with van der Waals surface area (Å²) < 4.78 is 1.72. The lowest BCUT2D eigenvalue weighted by molar-refractivity contribution is -0.384. The van der Waals surface area contributed by atoms with E-state index in [9.17, 15) is 19.7 Å². The van der Waals surface area contributed by atoms with Gasteiger partial charge in [0.1, 0.15) is 0 Å². The molecule has 3 aromatic rings. The second kappa shape index (κ2) is 11.6. The number of thioether (sulfide) groups is 1. The largest absolute Gasteiger partial charge is 0.345 e. The second-order valence-electron chi connectivity index (χ2n) is 6.75. The molecule has 1 aromatic heterocycles. The number of carbonyl (C=O) groups is 2. The van der Waals surface area contributed by atoms with E-state index in [1.165, 1.54) is 18.2 Å². The molecule has 13 heteroatoms. The lowest BCUT2D eigenvalue weighted by atomic mass is 10.2. The van der Waals surface area contributed by atoms with Gasteiger partial charge in [-0.25, -0.2) is 0 Å². The highest BCUT2D eigenvalue weighted by Crippen LogP contribution is 2.27. The zero-order valence-corrected chi connectivity index (χ0v) is 19.9. The predicted octanol–water partition coefficient (Wildman–Crippen LogP) is 4.34. The number of nitrogens with zero attached hydrogens (tertiary/aromatic N) is 4. The summed E-state index contributed by atoms with van der Waals surface area (Å²) in [6, 6.07) is 10.2. The average Bonchev–Trinajstić information content (AvgIpc) is 3.19. The van der Waals surface area contributed by atoms with Gasteiger partial charge < -0.3 is 15.2 Å². The highest BCUT2D eigenvalue weighted by molar-refractivity contribution is 7.99. The van der Waals surface area contributed by atoms with Crippen LogP contribution in [0.1, 0.15) is 16.2 Å². The summed E-state index contributed by atoms with van der Waals surface area (Å²) in [6.07, 6.45) is 1.64. The van der Waals surface area contributed by atoms with Crippen molar-refractivity contribution in [1.82, 2.24) is 20.1 Å². The number of carbonyl (C=O) groups excluding carboxylic acids is 2. The summed E-state index contributed by atoms with van der Waals surface area (Å²) in [7, 11) is 0. The average molecular weight is 521 g/mol. The van der Waals surface area contributed by atoms with Crippen molar-refractivity contribution in [2.45, 2.75) is 18.2 Å². The van der Waals surface area contributed by atoms with Crippen LogP contribution in [0.5, 0.6) is 0 Å². The third-order valence-electron chi connectivity index (χ3n) is 4.39. The van der Waals surface area contributed by atoms with Crippen molar-refractivity contribution in [3.8, 4) is 0 Å². The molecule has 0 atom stereocenters. The molecule has 0 aliphatic heterocycles. The molecule has 176 valence electrons. The van der Waals surface area contributed by atoms with E-state index < -0.39 is 10.8 Å². The van der Waals surface area contributed by atoms with Crippen molar-refractivity contribution in [3.05, 3.63) is 86.7 Å². The lowest BCUT2D eigenvalue weighted by Crippen LogP contribution is -2.24. The molecule has 0 bridgehead atoms. The molecule has 2 amide bonds. The highest BCUT2D eigenvalue weighted by atomic mass is 35.5. The first-order valence-corrected chi connectivity index (χ1v) is 11.5. The maximum atomic E-state index is 12.4. The van der Waals surface area contributed by atoms with Crippen LogP contribution < -0.4 is 10.6 Å². The third-order valence-corrected chi connectivity index (χ3v) is 5.93. The Kier molecular flexibility index (Phi) is 8.63. The van der Waals surface area contributed by atoms with Crippen LogP contribution in [0.25, 0.3) is 0 Å². The molecule has 34 heavy (non-hydrogen) atoms. The minimum Gasteiger partial charge on any atom is -0.345 e. The number of halogens is 2. The van der Waals surface area contributed by atoms with E-state index in [-0.39, 0.29) is 34.6 Å². The Hall–Kier alpha value is -3.41. The monoisotopic (exact) mass is 520 g/mol. The molecule has 0 spiro atoms. The van der Waals surface area contributed by atoms with Gasteiger partial charge in [0.15, 0.2) is 11.0 Å². The first-order chi connectivity index (χ1) is 16.3. The van der Waals surface area contributed by atoms with Crippen LogP contribution in [0.4, 0.5) is 11.4 Å². The summed E-state index contributed by atoms with van der Waals surface area (Å²) in [5.74, 6) is -0.303. The van der Waals surface area contributed by atoms with Crippen LogP contribution in [0.2, 0.25) is 10.0 Å². The Balaban J connectivity index is 1.63. The zero-order chi connectivity index (χ0) is 24.7.